The normalized spacial score (nSPS) is 12.3. The van der Waals surface area contributed by atoms with Crippen LogP contribution in [0, 0.1) is 0 Å². The summed E-state index contributed by atoms with van der Waals surface area (Å²) in [5.41, 5.74) is 0. The molecule has 0 radical (unpaired) electrons. The molecule has 3 rings (SSSR count). The zero-order valence-electron chi connectivity index (χ0n) is 12.0. The van der Waals surface area contributed by atoms with E-state index in [9.17, 15) is 0 Å². The molecule has 1 N–H and O–H groups in total. The Labute approximate surface area is 127 Å². The van der Waals surface area contributed by atoms with Crippen molar-refractivity contribution in [2.45, 2.75) is 12.8 Å². The van der Waals surface area contributed by atoms with Gasteiger partial charge in [-0.05, 0) is 29.7 Å². The molecule has 0 fully saturated rings. The summed E-state index contributed by atoms with van der Waals surface area (Å²) in [6.45, 7) is 2.98. The van der Waals surface area contributed by atoms with Crippen LogP contribution in [0.5, 0.6) is 5.75 Å². The number of ether oxygens (including phenoxy) is 1. The fourth-order valence-electron chi connectivity index (χ4n) is 2.24. The maximum atomic E-state index is 5.26. The molecule has 0 amide bonds. The number of anilines is 1. The number of thiazole rings is 1. The third-order valence-electron chi connectivity index (χ3n) is 3.42. The molecule has 0 spiro atoms. The number of pyridine rings is 1. The minimum atomic E-state index is 0.361. The highest BCUT2D eigenvalue weighted by Crippen LogP contribution is 2.26. The Kier molecular flexibility index (Phi) is 4.01. The maximum absolute atomic E-state index is 5.26. The van der Waals surface area contributed by atoms with Gasteiger partial charge in [-0.1, -0.05) is 6.92 Å². The molecular formula is C16H17N3OS. The third kappa shape index (κ3) is 2.97. The monoisotopic (exact) mass is 299 g/mol. The van der Waals surface area contributed by atoms with E-state index < -0.39 is 0 Å². The highest BCUT2D eigenvalue weighted by atomic mass is 32.1. The summed E-state index contributed by atoms with van der Waals surface area (Å²) >= 11 is 1.69. The Morgan fingerprint density at radius 2 is 2.14 bits per heavy atom. The summed E-state index contributed by atoms with van der Waals surface area (Å²) in [5, 5.41) is 8.80. The second-order valence-electron chi connectivity index (χ2n) is 4.90. The van der Waals surface area contributed by atoms with E-state index in [1.807, 2.05) is 42.0 Å². The third-order valence-corrected chi connectivity index (χ3v) is 4.43. The molecule has 4 nitrogen and oxygen atoms in total. The van der Waals surface area contributed by atoms with Crippen molar-refractivity contribution in [1.82, 2.24) is 9.97 Å². The topological polar surface area (TPSA) is 47.0 Å². The lowest BCUT2D eigenvalue weighted by molar-refractivity contribution is 0.415. The average molecular weight is 299 g/mol. The van der Waals surface area contributed by atoms with Crippen molar-refractivity contribution in [2.75, 3.05) is 19.0 Å². The lowest BCUT2D eigenvalue weighted by Crippen LogP contribution is -2.10. The predicted octanol–water partition coefficient (Wildman–Crippen LogP) is 3.92. The van der Waals surface area contributed by atoms with Gasteiger partial charge in [0, 0.05) is 35.6 Å². The number of nitrogens with one attached hydrogen (secondary N) is 1. The van der Waals surface area contributed by atoms with Gasteiger partial charge in [0.2, 0.25) is 0 Å². The number of benzene rings is 1. The van der Waals surface area contributed by atoms with Crippen molar-refractivity contribution in [2.24, 2.45) is 0 Å². The van der Waals surface area contributed by atoms with Crippen LogP contribution in [0.2, 0.25) is 0 Å². The van der Waals surface area contributed by atoms with Crippen molar-refractivity contribution >= 4 is 27.9 Å². The van der Waals surface area contributed by atoms with Crippen LogP contribution in [0.15, 0.2) is 42.0 Å². The van der Waals surface area contributed by atoms with Crippen LogP contribution < -0.4 is 10.1 Å². The first-order chi connectivity index (χ1) is 10.3. The van der Waals surface area contributed by atoms with Crippen LogP contribution >= 0.6 is 11.3 Å². The van der Waals surface area contributed by atoms with Crippen LogP contribution in [-0.4, -0.2) is 23.6 Å². The van der Waals surface area contributed by atoms with Crippen LogP contribution in [0.4, 0.5) is 5.82 Å². The number of nitrogens with zero attached hydrogens (tertiary/aromatic N) is 2. The molecule has 1 aromatic carbocycles. The van der Waals surface area contributed by atoms with Gasteiger partial charge in [-0.25, -0.2) is 9.97 Å². The molecule has 21 heavy (non-hydrogen) atoms. The maximum Gasteiger partial charge on any atom is 0.133 e. The largest absolute Gasteiger partial charge is 0.497 e. The molecule has 3 aromatic rings. The second kappa shape index (κ2) is 6.10. The Bertz CT molecular complexity index is 727. The first kappa shape index (κ1) is 13.8. The molecule has 0 saturated carbocycles. The Morgan fingerprint density at radius 3 is 2.90 bits per heavy atom. The molecule has 5 heteroatoms. The molecule has 0 aliphatic heterocycles. The average Bonchev–Trinajstić information content (AvgIpc) is 3.06. The number of rotatable bonds is 5. The summed E-state index contributed by atoms with van der Waals surface area (Å²) in [5.74, 6) is 2.12. The highest BCUT2D eigenvalue weighted by Gasteiger charge is 2.09. The van der Waals surface area contributed by atoms with Crippen molar-refractivity contribution in [3.8, 4) is 5.75 Å². The van der Waals surface area contributed by atoms with Gasteiger partial charge in [0.25, 0.3) is 0 Å². The van der Waals surface area contributed by atoms with E-state index in [0.717, 1.165) is 33.9 Å². The fourth-order valence-corrected chi connectivity index (χ4v) is 2.94. The molecule has 0 saturated heterocycles. The standard InChI is InChI=1S/C16H17N3OS/c1-11(16-18-7-8-21-16)10-19-15-14-4-3-13(20-2)9-12(14)5-6-17-15/h3-9,11H,10H2,1-2H3,(H,17,19). The Balaban J connectivity index is 1.80. The summed E-state index contributed by atoms with van der Waals surface area (Å²) in [4.78, 5) is 8.80. The molecule has 108 valence electrons. The van der Waals surface area contributed by atoms with E-state index in [-0.39, 0.29) is 0 Å². The smallest absolute Gasteiger partial charge is 0.133 e. The molecule has 2 heterocycles. The van der Waals surface area contributed by atoms with Crippen molar-refractivity contribution in [1.29, 1.82) is 0 Å². The Morgan fingerprint density at radius 1 is 1.24 bits per heavy atom. The number of methoxy groups -OCH3 is 1. The summed E-state index contributed by atoms with van der Waals surface area (Å²) in [6, 6.07) is 8.01. The molecular weight excluding hydrogens is 282 g/mol. The molecule has 0 aliphatic carbocycles. The van der Waals surface area contributed by atoms with E-state index in [0.29, 0.717) is 5.92 Å². The van der Waals surface area contributed by atoms with Crippen molar-refractivity contribution < 1.29 is 4.74 Å². The lowest BCUT2D eigenvalue weighted by atomic mass is 10.1. The predicted molar refractivity (Wildman–Crippen MR) is 87.3 cm³/mol. The van der Waals surface area contributed by atoms with E-state index in [1.165, 1.54) is 0 Å². The van der Waals surface area contributed by atoms with Gasteiger partial charge < -0.3 is 10.1 Å². The van der Waals surface area contributed by atoms with Gasteiger partial charge in [-0.3, -0.25) is 0 Å². The molecule has 2 aromatic heterocycles. The minimum Gasteiger partial charge on any atom is -0.497 e. The zero-order chi connectivity index (χ0) is 14.7. The number of aromatic nitrogens is 2. The first-order valence-electron chi connectivity index (χ1n) is 6.84. The Hall–Kier alpha value is -2.14. The van der Waals surface area contributed by atoms with Crippen molar-refractivity contribution in [3.63, 3.8) is 0 Å². The van der Waals surface area contributed by atoms with Gasteiger partial charge in [-0.15, -0.1) is 11.3 Å². The second-order valence-corrected chi connectivity index (χ2v) is 5.83. The zero-order valence-corrected chi connectivity index (χ0v) is 12.9. The van der Waals surface area contributed by atoms with Gasteiger partial charge >= 0.3 is 0 Å². The highest BCUT2D eigenvalue weighted by molar-refractivity contribution is 7.09. The van der Waals surface area contributed by atoms with Gasteiger partial charge in [0.1, 0.15) is 11.6 Å². The first-order valence-corrected chi connectivity index (χ1v) is 7.72. The minimum absolute atomic E-state index is 0.361. The van der Waals surface area contributed by atoms with E-state index in [4.69, 9.17) is 4.74 Å². The van der Waals surface area contributed by atoms with Gasteiger partial charge in [-0.2, -0.15) is 0 Å². The molecule has 0 bridgehead atoms. The quantitative estimate of drug-likeness (QED) is 0.776. The van der Waals surface area contributed by atoms with Crippen LogP contribution in [0.3, 0.4) is 0 Å². The SMILES string of the molecule is COc1ccc2c(NCC(C)c3nccs3)nccc2c1. The van der Waals surface area contributed by atoms with E-state index in [1.54, 1.807) is 18.4 Å². The fraction of sp³-hybridized carbons (Fsp3) is 0.250. The van der Waals surface area contributed by atoms with E-state index >= 15 is 0 Å². The van der Waals surface area contributed by atoms with Crippen molar-refractivity contribution in [3.05, 3.63) is 47.0 Å². The summed E-state index contributed by atoms with van der Waals surface area (Å²) in [6.07, 6.45) is 3.66. The number of hydrogen-bond acceptors (Lipinski definition) is 5. The number of fused-ring (bicyclic) bond motifs is 1. The molecule has 0 aliphatic rings. The van der Waals surface area contributed by atoms with Gasteiger partial charge in [0.15, 0.2) is 0 Å². The van der Waals surface area contributed by atoms with Gasteiger partial charge in [0.05, 0.1) is 12.1 Å². The van der Waals surface area contributed by atoms with E-state index in [2.05, 4.69) is 22.2 Å². The molecule has 1 unspecified atom stereocenters. The summed E-state index contributed by atoms with van der Waals surface area (Å²) < 4.78 is 5.26. The van der Waals surface area contributed by atoms with Crippen LogP contribution in [0.1, 0.15) is 17.8 Å². The number of hydrogen-bond donors (Lipinski definition) is 1. The molecule has 1 atom stereocenters. The summed E-state index contributed by atoms with van der Waals surface area (Å²) in [7, 11) is 1.68. The lowest BCUT2D eigenvalue weighted by Gasteiger charge is -2.12. The van der Waals surface area contributed by atoms with Crippen LogP contribution in [-0.2, 0) is 0 Å². The van der Waals surface area contributed by atoms with Crippen LogP contribution in [0.25, 0.3) is 10.8 Å².